The van der Waals surface area contributed by atoms with Crippen molar-refractivity contribution >= 4 is 44.2 Å². The van der Waals surface area contributed by atoms with Crippen LogP contribution < -0.4 is 10.1 Å². The number of fused-ring (bicyclic) bond motifs is 1. The van der Waals surface area contributed by atoms with E-state index in [1.165, 1.54) is 29.7 Å². The Hall–Kier alpha value is -2.15. The number of ether oxygens (including phenoxy) is 1. The first kappa shape index (κ1) is 21.1. The van der Waals surface area contributed by atoms with Crippen molar-refractivity contribution in [3.05, 3.63) is 52.5 Å². The van der Waals surface area contributed by atoms with Crippen molar-refractivity contribution in [2.24, 2.45) is 5.92 Å². The molecule has 7 heteroatoms. The van der Waals surface area contributed by atoms with Gasteiger partial charge < -0.3 is 4.74 Å². The second-order valence-electron chi connectivity index (χ2n) is 8.03. The minimum absolute atomic E-state index is 0.0738. The first-order valence-corrected chi connectivity index (χ1v) is 11.5. The number of halogens is 1. The third kappa shape index (κ3) is 5.31. The predicted molar refractivity (Wildman–Crippen MR) is 124 cm³/mol. The maximum Gasteiger partial charge on any atom is 0.264 e. The summed E-state index contributed by atoms with van der Waals surface area (Å²) in [7, 11) is 0. The second kappa shape index (κ2) is 9.33. The molecule has 4 rings (SSSR count). The van der Waals surface area contributed by atoms with Gasteiger partial charge in [0.1, 0.15) is 5.75 Å². The van der Waals surface area contributed by atoms with Crippen LogP contribution in [-0.2, 0) is 11.3 Å². The molecule has 0 aliphatic carbocycles. The van der Waals surface area contributed by atoms with Gasteiger partial charge >= 0.3 is 0 Å². The lowest BCUT2D eigenvalue weighted by molar-refractivity contribution is -0.118. The molecule has 0 radical (unpaired) electrons. The van der Waals surface area contributed by atoms with E-state index in [1.54, 1.807) is 12.1 Å². The van der Waals surface area contributed by atoms with E-state index in [-0.39, 0.29) is 12.5 Å². The summed E-state index contributed by atoms with van der Waals surface area (Å²) < 4.78 is 6.65. The van der Waals surface area contributed by atoms with Crippen molar-refractivity contribution in [3.8, 4) is 5.75 Å². The minimum atomic E-state index is -0.232. The third-order valence-electron chi connectivity index (χ3n) is 5.48. The summed E-state index contributed by atoms with van der Waals surface area (Å²) >= 11 is 7.51. The van der Waals surface area contributed by atoms with Crippen molar-refractivity contribution in [3.63, 3.8) is 0 Å². The maximum absolute atomic E-state index is 12.3. The molecule has 1 aromatic heterocycles. The van der Waals surface area contributed by atoms with Crippen LogP contribution in [0.15, 0.2) is 36.4 Å². The number of aromatic nitrogens is 1. The van der Waals surface area contributed by atoms with Gasteiger partial charge in [-0.2, -0.15) is 0 Å². The summed E-state index contributed by atoms with van der Waals surface area (Å²) in [5.74, 6) is 1.22. The van der Waals surface area contributed by atoms with E-state index in [2.05, 4.69) is 34.3 Å². The lowest BCUT2D eigenvalue weighted by atomic mass is 9.99. The summed E-state index contributed by atoms with van der Waals surface area (Å²) in [5.41, 5.74) is 3.11. The number of rotatable bonds is 6. The molecule has 1 saturated heterocycles. The number of likely N-dealkylation sites (tertiary alicyclic amines) is 1. The molecular weight excluding hydrogens is 418 g/mol. The molecule has 2 aromatic carbocycles. The lowest BCUT2D eigenvalue weighted by Gasteiger charge is -2.30. The number of thiazole rings is 1. The Morgan fingerprint density at radius 2 is 2.07 bits per heavy atom. The Labute approximate surface area is 186 Å². The summed E-state index contributed by atoms with van der Waals surface area (Å²) in [6.45, 7) is 7.45. The van der Waals surface area contributed by atoms with Crippen LogP contribution in [0.1, 0.15) is 30.9 Å². The van der Waals surface area contributed by atoms with Gasteiger partial charge in [0.2, 0.25) is 0 Å². The van der Waals surface area contributed by atoms with E-state index in [4.69, 9.17) is 16.3 Å². The second-order valence-corrected chi connectivity index (χ2v) is 9.47. The molecule has 0 unspecified atom stereocenters. The van der Waals surface area contributed by atoms with Crippen LogP contribution in [0.5, 0.6) is 5.75 Å². The standard InChI is InChI=1S/C23H26ClN3O2S/c1-15-7-9-27(10-8-15)13-17-3-6-20-21(12-17)30-23(25-20)26-22(28)14-29-18-4-5-19(24)16(2)11-18/h3-6,11-12,15H,7-10,13-14H2,1-2H3,(H,25,26,28). The van der Waals surface area contributed by atoms with Gasteiger partial charge in [0.25, 0.3) is 5.91 Å². The number of carbonyl (C=O) groups excluding carboxylic acids is 1. The number of piperidine rings is 1. The van der Waals surface area contributed by atoms with Gasteiger partial charge in [-0.15, -0.1) is 0 Å². The van der Waals surface area contributed by atoms with Crippen LogP contribution in [0.4, 0.5) is 5.13 Å². The molecule has 5 nitrogen and oxygen atoms in total. The number of amides is 1. The van der Waals surface area contributed by atoms with E-state index >= 15 is 0 Å². The molecular formula is C23H26ClN3O2S. The zero-order valence-electron chi connectivity index (χ0n) is 17.3. The summed E-state index contributed by atoms with van der Waals surface area (Å²) in [5, 5.41) is 4.11. The molecule has 1 aliphatic heterocycles. The summed E-state index contributed by atoms with van der Waals surface area (Å²) in [6.07, 6.45) is 2.55. The Kier molecular flexibility index (Phi) is 6.56. The number of hydrogen-bond donors (Lipinski definition) is 1. The van der Waals surface area contributed by atoms with Crippen molar-refractivity contribution in [2.45, 2.75) is 33.2 Å². The average molecular weight is 444 g/mol. The zero-order valence-corrected chi connectivity index (χ0v) is 18.9. The molecule has 0 bridgehead atoms. The van der Waals surface area contributed by atoms with Crippen LogP contribution in [0.3, 0.4) is 0 Å². The Balaban J connectivity index is 1.34. The average Bonchev–Trinajstić information content (AvgIpc) is 3.12. The number of carbonyl (C=O) groups is 1. The quantitative estimate of drug-likeness (QED) is 0.546. The molecule has 0 saturated carbocycles. The van der Waals surface area contributed by atoms with Gasteiger partial charge in [-0.3, -0.25) is 15.0 Å². The highest BCUT2D eigenvalue weighted by Crippen LogP contribution is 2.28. The SMILES string of the molecule is Cc1cc(OCC(=O)Nc2nc3ccc(CN4CCC(C)CC4)cc3s2)ccc1Cl. The van der Waals surface area contributed by atoms with E-state index < -0.39 is 0 Å². The largest absolute Gasteiger partial charge is 0.484 e. The van der Waals surface area contributed by atoms with Crippen LogP contribution in [0, 0.1) is 12.8 Å². The zero-order chi connectivity index (χ0) is 21.1. The fourth-order valence-electron chi connectivity index (χ4n) is 3.61. The third-order valence-corrected chi connectivity index (χ3v) is 6.84. The number of hydrogen-bond acceptors (Lipinski definition) is 5. The molecule has 1 aliphatic rings. The Bertz CT molecular complexity index is 1040. The molecule has 158 valence electrons. The van der Waals surface area contributed by atoms with Crippen molar-refractivity contribution < 1.29 is 9.53 Å². The Morgan fingerprint density at radius 3 is 2.83 bits per heavy atom. The first-order chi connectivity index (χ1) is 14.5. The van der Waals surface area contributed by atoms with Crippen molar-refractivity contribution in [1.29, 1.82) is 0 Å². The van der Waals surface area contributed by atoms with E-state index in [0.29, 0.717) is 15.9 Å². The maximum atomic E-state index is 12.3. The van der Waals surface area contributed by atoms with Gasteiger partial charge in [0, 0.05) is 11.6 Å². The van der Waals surface area contributed by atoms with Crippen LogP contribution in [0.2, 0.25) is 5.02 Å². The molecule has 0 spiro atoms. The monoisotopic (exact) mass is 443 g/mol. The predicted octanol–water partition coefficient (Wildman–Crippen LogP) is 5.51. The highest BCUT2D eigenvalue weighted by molar-refractivity contribution is 7.22. The first-order valence-electron chi connectivity index (χ1n) is 10.3. The highest BCUT2D eigenvalue weighted by Gasteiger charge is 2.16. The normalized spacial score (nSPS) is 15.4. The molecule has 30 heavy (non-hydrogen) atoms. The van der Waals surface area contributed by atoms with Crippen LogP contribution >= 0.6 is 22.9 Å². The highest BCUT2D eigenvalue weighted by atomic mass is 35.5. The fourth-order valence-corrected chi connectivity index (χ4v) is 4.67. The van der Waals surface area contributed by atoms with Crippen LogP contribution in [0.25, 0.3) is 10.2 Å². The number of anilines is 1. The summed E-state index contributed by atoms with van der Waals surface area (Å²) in [6, 6.07) is 11.7. The number of nitrogens with zero attached hydrogens (tertiary/aromatic N) is 2. The Morgan fingerprint density at radius 1 is 1.27 bits per heavy atom. The smallest absolute Gasteiger partial charge is 0.264 e. The van der Waals surface area contributed by atoms with Crippen LogP contribution in [-0.4, -0.2) is 35.5 Å². The minimum Gasteiger partial charge on any atom is -0.484 e. The summed E-state index contributed by atoms with van der Waals surface area (Å²) in [4.78, 5) is 19.3. The van der Waals surface area contributed by atoms with Gasteiger partial charge in [-0.05, 0) is 80.2 Å². The molecule has 0 atom stereocenters. The number of nitrogens with one attached hydrogen (secondary N) is 1. The van der Waals surface area contributed by atoms with E-state index in [9.17, 15) is 4.79 Å². The van der Waals surface area contributed by atoms with Crippen molar-refractivity contribution in [2.75, 3.05) is 25.0 Å². The van der Waals surface area contributed by atoms with Gasteiger partial charge in [0.05, 0.1) is 10.2 Å². The molecule has 1 fully saturated rings. The van der Waals surface area contributed by atoms with Gasteiger partial charge in [-0.25, -0.2) is 4.98 Å². The van der Waals surface area contributed by atoms with E-state index in [1.807, 2.05) is 19.1 Å². The molecule has 2 heterocycles. The molecule has 1 N–H and O–H groups in total. The molecule has 1 amide bonds. The fraction of sp³-hybridized carbons (Fsp3) is 0.391. The van der Waals surface area contributed by atoms with E-state index in [0.717, 1.165) is 41.3 Å². The van der Waals surface area contributed by atoms with Gasteiger partial charge in [0.15, 0.2) is 11.7 Å². The number of benzene rings is 2. The van der Waals surface area contributed by atoms with Gasteiger partial charge in [-0.1, -0.05) is 35.9 Å². The number of aryl methyl sites for hydroxylation is 1. The topological polar surface area (TPSA) is 54.5 Å². The molecule has 3 aromatic rings. The lowest BCUT2D eigenvalue weighted by Crippen LogP contribution is -2.32. The van der Waals surface area contributed by atoms with Crippen molar-refractivity contribution in [1.82, 2.24) is 9.88 Å².